The van der Waals surface area contributed by atoms with Crippen molar-refractivity contribution in [1.29, 1.82) is 0 Å². The van der Waals surface area contributed by atoms with Crippen molar-refractivity contribution in [3.05, 3.63) is 35.6 Å². The zero-order valence-electron chi connectivity index (χ0n) is 5.55. The molecule has 0 aliphatic heterocycles. The van der Waals surface area contributed by atoms with Crippen LogP contribution in [-0.4, -0.2) is 6.72 Å². The Bertz CT molecular complexity index is 215. The first kappa shape index (κ1) is 6.93. The molecule has 0 aliphatic carbocycles. The van der Waals surface area contributed by atoms with E-state index in [2.05, 4.69) is 11.7 Å². The highest BCUT2D eigenvalue weighted by Crippen LogP contribution is 2.02. The lowest BCUT2D eigenvalue weighted by molar-refractivity contribution is 0.627. The van der Waals surface area contributed by atoms with Gasteiger partial charge >= 0.3 is 0 Å². The molecular weight excluding hydrogens is 129 g/mol. The van der Waals surface area contributed by atoms with Crippen molar-refractivity contribution in [3.63, 3.8) is 0 Å². The molecule has 0 radical (unpaired) electrons. The molecule has 1 rings (SSSR count). The van der Waals surface area contributed by atoms with E-state index in [4.69, 9.17) is 0 Å². The van der Waals surface area contributed by atoms with Gasteiger partial charge in [0.2, 0.25) is 0 Å². The predicted molar refractivity (Wildman–Crippen MR) is 39.7 cm³/mol. The van der Waals surface area contributed by atoms with Gasteiger partial charge in [-0.1, -0.05) is 12.1 Å². The number of nitrogens with zero attached hydrogens (tertiary/aromatic N) is 1. The van der Waals surface area contributed by atoms with Gasteiger partial charge in [0.25, 0.3) is 0 Å². The van der Waals surface area contributed by atoms with Crippen LogP contribution in [0.5, 0.6) is 0 Å². The second-order valence-electron chi connectivity index (χ2n) is 2.01. The lowest BCUT2D eigenvalue weighted by Gasteiger charge is -1.93. The van der Waals surface area contributed by atoms with Crippen molar-refractivity contribution in [2.75, 3.05) is 0 Å². The summed E-state index contributed by atoms with van der Waals surface area (Å²) < 4.78 is 12.3. The van der Waals surface area contributed by atoms with E-state index in [-0.39, 0.29) is 5.82 Å². The molecule has 2 heteroatoms. The summed E-state index contributed by atoms with van der Waals surface area (Å²) in [5.41, 5.74) is 0.983. The first-order valence-corrected chi connectivity index (χ1v) is 3.00. The van der Waals surface area contributed by atoms with E-state index >= 15 is 0 Å². The molecule has 10 heavy (non-hydrogen) atoms. The van der Waals surface area contributed by atoms with E-state index in [0.29, 0.717) is 6.54 Å². The number of aliphatic imine (C=N–C) groups is 1. The minimum Gasteiger partial charge on any atom is -0.296 e. The average molecular weight is 137 g/mol. The van der Waals surface area contributed by atoms with Crippen LogP contribution in [0.3, 0.4) is 0 Å². The molecule has 1 aromatic rings. The molecule has 0 aromatic heterocycles. The highest BCUT2D eigenvalue weighted by molar-refractivity contribution is 5.25. The van der Waals surface area contributed by atoms with Gasteiger partial charge in [0.15, 0.2) is 0 Å². The number of hydrogen-bond acceptors (Lipinski definition) is 1. The summed E-state index contributed by atoms with van der Waals surface area (Å²) in [6.45, 7) is 3.89. The number of halogens is 1. The third kappa shape index (κ3) is 1.65. The van der Waals surface area contributed by atoms with Gasteiger partial charge in [-0.25, -0.2) is 4.39 Å². The summed E-state index contributed by atoms with van der Waals surface area (Å²) in [6.07, 6.45) is 0. The molecule has 0 unspecified atom stereocenters. The maximum Gasteiger partial charge on any atom is 0.123 e. The lowest BCUT2D eigenvalue weighted by Crippen LogP contribution is -1.80. The number of rotatable bonds is 2. The molecule has 1 aromatic carbocycles. The Balaban J connectivity index is 2.78. The molecule has 0 saturated carbocycles. The van der Waals surface area contributed by atoms with Crippen molar-refractivity contribution < 1.29 is 4.39 Å². The average Bonchev–Trinajstić information content (AvgIpc) is 1.95. The fraction of sp³-hybridized carbons (Fsp3) is 0.125. The van der Waals surface area contributed by atoms with Crippen molar-refractivity contribution in [3.8, 4) is 0 Å². The van der Waals surface area contributed by atoms with Crippen LogP contribution < -0.4 is 0 Å². The smallest absolute Gasteiger partial charge is 0.123 e. The van der Waals surface area contributed by atoms with Crippen LogP contribution in [0.2, 0.25) is 0 Å². The highest BCUT2D eigenvalue weighted by Gasteiger charge is 1.89. The van der Waals surface area contributed by atoms with E-state index in [0.717, 1.165) is 5.56 Å². The monoisotopic (exact) mass is 137 g/mol. The summed E-state index contributed by atoms with van der Waals surface area (Å²) >= 11 is 0. The maximum atomic E-state index is 12.3. The molecule has 52 valence electrons. The summed E-state index contributed by atoms with van der Waals surface area (Å²) in [5.74, 6) is -0.215. The minimum absolute atomic E-state index is 0.215. The van der Waals surface area contributed by atoms with Crippen LogP contribution in [0.1, 0.15) is 5.56 Å². The normalized spacial score (nSPS) is 9.30. The molecule has 0 heterocycles. The lowest BCUT2D eigenvalue weighted by atomic mass is 10.2. The fourth-order valence-corrected chi connectivity index (χ4v) is 0.719. The van der Waals surface area contributed by atoms with Crippen LogP contribution in [-0.2, 0) is 6.54 Å². The van der Waals surface area contributed by atoms with Gasteiger partial charge in [-0.2, -0.15) is 0 Å². The van der Waals surface area contributed by atoms with E-state index < -0.39 is 0 Å². The number of hydrogen-bond donors (Lipinski definition) is 0. The van der Waals surface area contributed by atoms with Crippen LogP contribution in [0.4, 0.5) is 4.39 Å². The molecular formula is C8H8FN. The molecule has 0 fully saturated rings. The standard InChI is InChI=1S/C8H8FN/c1-10-6-7-2-4-8(9)5-3-7/h2-5H,1,6H2. The fourth-order valence-electron chi connectivity index (χ4n) is 0.719. The summed E-state index contributed by atoms with van der Waals surface area (Å²) in [6, 6.07) is 6.23. The van der Waals surface area contributed by atoms with E-state index in [9.17, 15) is 4.39 Å². The Hall–Kier alpha value is -1.18. The Kier molecular flexibility index (Phi) is 2.15. The van der Waals surface area contributed by atoms with E-state index in [1.807, 2.05) is 0 Å². The van der Waals surface area contributed by atoms with Crippen LogP contribution in [0, 0.1) is 5.82 Å². The predicted octanol–water partition coefficient (Wildman–Crippen LogP) is 2.03. The summed E-state index contributed by atoms with van der Waals surface area (Å²) in [5, 5.41) is 0. The largest absolute Gasteiger partial charge is 0.296 e. The van der Waals surface area contributed by atoms with Crippen LogP contribution >= 0.6 is 0 Å². The molecule has 0 saturated heterocycles. The molecule has 0 aliphatic rings. The van der Waals surface area contributed by atoms with Crippen molar-refractivity contribution in [1.82, 2.24) is 0 Å². The van der Waals surface area contributed by atoms with Gasteiger partial charge in [-0.05, 0) is 24.4 Å². The van der Waals surface area contributed by atoms with Gasteiger partial charge in [-0.15, -0.1) is 0 Å². The third-order valence-electron chi connectivity index (χ3n) is 1.21. The maximum absolute atomic E-state index is 12.3. The van der Waals surface area contributed by atoms with Gasteiger partial charge in [0.1, 0.15) is 5.82 Å². The van der Waals surface area contributed by atoms with Crippen molar-refractivity contribution >= 4 is 6.72 Å². The molecule has 0 bridgehead atoms. The van der Waals surface area contributed by atoms with Gasteiger partial charge < -0.3 is 0 Å². The molecule has 0 atom stereocenters. The van der Waals surface area contributed by atoms with E-state index in [1.165, 1.54) is 12.1 Å². The zero-order valence-corrected chi connectivity index (χ0v) is 5.55. The quantitative estimate of drug-likeness (QED) is 0.553. The van der Waals surface area contributed by atoms with Gasteiger partial charge in [-0.3, -0.25) is 4.99 Å². The number of benzene rings is 1. The van der Waals surface area contributed by atoms with Gasteiger partial charge in [0.05, 0.1) is 6.54 Å². The highest BCUT2D eigenvalue weighted by atomic mass is 19.1. The second kappa shape index (κ2) is 3.11. The third-order valence-corrected chi connectivity index (χ3v) is 1.21. The molecule has 1 nitrogen and oxygen atoms in total. The van der Waals surface area contributed by atoms with Gasteiger partial charge in [0, 0.05) is 0 Å². The zero-order chi connectivity index (χ0) is 7.40. The van der Waals surface area contributed by atoms with Crippen molar-refractivity contribution in [2.45, 2.75) is 6.54 Å². The Morgan fingerprint density at radius 2 is 1.90 bits per heavy atom. The molecule has 0 amide bonds. The van der Waals surface area contributed by atoms with Crippen LogP contribution in [0.25, 0.3) is 0 Å². The Morgan fingerprint density at radius 3 is 2.40 bits per heavy atom. The molecule has 0 spiro atoms. The Labute approximate surface area is 59.2 Å². The van der Waals surface area contributed by atoms with E-state index in [1.54, 1.807) is 12.1 Å². The topological polar surface area (TPSA) is 12.4 Å². The first-order valence-electron chi connectivity index (χ1n) is 3.00. The first-order chi connectivity index (χ1) is 4.83. The summed E-state index contributed by atoms with van der Waals surface area (Å²) in [7, 11) is 0. The molecule has 0 N–H and O–H groups in total. The minimum atomic E-state index is -0.215. The van der Waals surface area contributed by atoms with Crippen molar-refractivity contribution in [2.24, 2.45) is 4.99 Å². The second-order valence-corrected chi connectivity index (χ2v) is 2.01. The Morgan fingerprint density at radius 1 is 1.30 bits per heavy atom. The summed E-state index contributed by atoms with van der Waals surface area (Å²) in [4.78, 5) is 3.66. The SMILES string of the molecule is C=NCc1ccc(F)cc1. The van der Waals surface area contributed by atoms with Crippen LogP contribution in [0.15, 0.2) is 29.3 Å².